The van der Waals surface area contributed by atoms with Crippen molar-refractivity contribution in [2.45, 2.75) is 0 Å². The Hall–Kier alpha value is -5.45. The highest BCUT2D eigenvalue weighted by atomic mass is 32.1. The Morgan fingerprint density at radius 2 is 1.26 bits per heavy atom. The van der Waals surface area contributed by atoms with E-state index in [1.54, 1.807) is 0 Å². The molecule has 9 rings (SSSR count). The summed E-state index contributed by atoms with van der Waals surface area (Å²) in [7, 11) is 0. The van der Waals surface area contributed by atoms with E-state index in [9.17, 15) is 0 Å². The van der Waals surface area contributed by atoms with E-state index in [4.69, 9.17) is 9.40 Å². The van der Waals surface area contributed by atoms with Gasteiger partial charge in [0.25, 0.3) is 0 Å². The van der Waals surface area contributed by atoms with Crippen molar-refractivity contribution in [3.8, 4) is 11.1 Å². The summed E-state index contributed by atoms with van der Waals surface area (Å²) in [6.07, 6.45) is 1.98. The van der Waals surface area contributed by atoms with Gasteiger partial charge in [-0.15, -0.1) is 11.3 Å². The van der Waals surface area contributed by atoms with E-state index in [1.807, 2.05) is 17.5 Å². The van der Waals surface area contributed by atoms with Crippen LogP contribution in [0.2, 0.25) is 0 Å². The van der Waals surface area contributed by atoms with E-state index in [-0.39, 0.29) is 0 Å². The van der Waals surface area contributed by atoms with E-state index in [2.05, 4.69) is 144 Å². The number of furan rings is 1. The molecule has 0 spiro atoms. The average molecular weight is 569 g/mol. The van der Waals surface area contributed by atoms with Gasteiger partial charge in [-0.3, -0.25) is 0 Å². The van der Waals surface area contributed by atoms with Crippen LogP contribution in [-0.4, -0.2) is 4.98 Å². The van der Waals surface area contributed by atoms with Crippen LogP contribution in [0.1, 0.15) is 0 Å². The molecule has 0 radical (unpaired) electrons. The number of pyridine rings is 1. The molecule has 0 aliphatic rings. The highest BCUT2D eigenvalue weighted by Gasteiger charge is 2.20. The van der Waals surface area contributed by atoms with E-state index in [0.717, 1.165) is 44.5 Å². The van der Waals surface area contributed by atoms with Crippen LogP contribution in [0.25, 0.3) is 64.1 Å². The third-order valence-corrected chi connectivity index (χ3v) is 9.41. The smallest absolute Gasteiger partial charge is 0.155 e. The molecule has 3 nitrogen and oxygen atoms in total. The zero-order chi connectivity index (χ0) is 28.3. The summed E-state index contributed by atoms with van der Waals surface area (Å²) < 4.78 is 8.99. The quantitative estimate of drug-likeness (QED) is 0.211. The van der Waals surface area contributed by atoms with Crippen molar-refractivity contribution in [2.24, 2.45) is 0 Å². The van der Waals surface area contributed by atoms with Crippen molar-refractivity contribution in [1.82, 2.24) is 4.98 Å². The number of hydrogen-bond acceptors (Lipinski definition) is 4. The lowest BCUT2D eigenvalue weighted by molar-refractivity contribution is 0.668. The number of hydrogen-bond donors (Lipinski definition) is 0. The van der Waals surface area contributed by atoms with Crippen LogP contribution < -0.4 is 4.90 Å². The maximum Gasteiger partial charge on any atom is 0.155 e. The van der Waals surface area contributed by atoms with Crippen LogP contribution in [-0.2, 0) is 0 Å². The number of thiophene rings is 1. The fourth-order valence-electron chi connectivity index (χ4n) is 6.25. The molecule has 0 aliphatic carbocycles. The Morgan fingerprint density at radius 1 is 0.535 bits per heavy atom. The SMILES string of the molecule is c1ccc(-c2ccc(N(c3cnc4c(c3)oc3cc5ccccc5cc34)c3cccc4sc5ccccc5c34)cc2)cc1. The van der Waals surface area contributed by atoms with Crippen LogP contribution in [0.5, 0.6) is 0 Å². The highest BCUT2D eigenvalue weighted by Crippen LogP contribution is 2.45. The predicted molar refractivity (Wildman–Crippen MR) is 182 cm³/mol. The van der Waals surface area contributed by atoms with Crippen LogP contribution in [0, 0.1) is 0 Å². The van der Waals surface area contributed by atoms with E-state index in [0.29, 0.717) is 0 Å². The Kier molecular flexibility index (Phi) is 5.37. The predicted octanol–water partition coefficient (Wildman–Crippen LogP) is 11.6. The van der Waals surface area contributed by atoms with Gasteiger partial charge >= 0.3 is 0 Å². The molecular formula is C39H24N2OS. The first-order valence-electron chi connectivity index (χ1n) is 14.4. The summed E-state index contributed by atoms with van der Waals surface area (Å²) in [6, 6.07) is 49.3. The van der Waals surface area contributed by atoms with E-state index < -0.39 is 0 Å². The van der Waals surface area contributed by atoms with Crippen LogP contribution >= 0.6 is 11.3 Å². The van der Waals surface area contributed by atoms with Gasteiger partial charge in [-0.05, 0) is 64.4 Å². The van der Waals surface area contributed by atoms with Crippen molar-refractivity contribution in [1.29, 1.82) is 0 Å². The molecule has 0 unspecified atom stereocenters. The first kappa shape index (κ1) is 24.2. The number of anilines is 3. The van der Waals surface area contributed by atoms with Crippen molar-refractivity contribution in [3.63, 3.8) is 0 Å². The molecule has 3 aromatic heterocycles. The minimum absolute atomic E-state index is 0.774. The fraction of sp³-hybridized carbons (Fsp3) is 0. The zero-order valence-electron chi connectivity index (χ0n) is 23.1. The highest BCUT2D eigenvalue weighted by molar-refractivity contribution is 7.26. The molecule has 6 aromatic carbocycles. The molecule has 9 aromatic rings. The van der Waals surface area contributed by atoms with Crippen LogP contribution in [0.4, 0.5) is 17.1 Å². The molecule has 0 bridgehead atoms. The lowest BCUT2D eigenvalue weighted by Crippen LogP contribution is -2.10. The third kappa shape index (κ3) is 3.92. The molecular weight excluding hydrogens is 545 g/mol. The van der Waals surface area contributed by atoms with Gasteiger partial charge in [0, 0.05) is 37.3 Å². The number of benzene rings is 6. The molecule has 4 heteroatoms. The maximum absolute atomic E-state index is 6.46. The molecule has 0 N–H and O–H groups in total. The molecule has 0 fully saturated rings. The molecule has 43 heavy (non-hydrogen) atoms. The van der Waals surface area contributed by atoms with Gasteiger partial charge in [-0.2, -0.15) is 0 Å². The second kappa shape index (κ2) is 9.55. The summed E-state index contributed by atoms with van der Waals surface area (Å²) in [4.78, 5) is 7.32. The van der Waals surface area contributed by atoms with Gasteiger partial charge in [0.2, 0.25) is 0 Å². The summed E-state index contributed by atoms with van der Waals surface area (Å²) in [5, 5.41) is 5.87. The van der Waals surface area contributed by atoms with Gasteiger partial charge in [0.05, 0.1) is 17.6 Å². The lowest BCUT2D eigenvalue weighted by atomic mass is 10.0. The average Bonchev–Trinajstić information content (AvgIpc) is 3.62. The van der Waals surface area contributed by atoms with Crippen molar-refractivity contribution in [2.75, 3.05) is 4.90 Å². The first-order valence-corrected chi connectivity index (χ1v) is 15.2. The number of aromatic nitrogens is 1. The Bertz CT molecular complexity index is 2460. The molecule has 0 amide bonds. The number of rotatable bonds is 4. The standard InChI is InChI=1S/C39H24N2OS/c1-2-9-25(10-3-1)26-17-19-29(20-18-26)41(33-14-8-16-37-38(33)31-13-6-7-15-36(31)43-37)30-23-35-39(40-24-30)32-21-27-11-4-5-12-28(27)22-34(32)42-35/h1-24H. The second-order valence-corrected chi connectivity index (χ2v) is 11.9. The minimum atomic E-state index is 0.774. The van der Waals surface area contributed by atoms with Gasteiger partial charge < -0.3 is 9.32 Å². The summed E-state index contributed by atoms with van der Waals surface area (Å²) in [6.45, 7) is 0. The van der Waals surface area contributed by atoms with E-state index >= 15 is 0 Å². The van der Waals surface area contributed by atoms with Crippen molar-refractivity contribution >= 4 is 81.4 Å². The summed E-state index contributed by atoms with van der Waals surface area (Å²) in [5.74, 6) is 0. The van der Waals surface area contributed by atoms with Crippen molar-refractivity contribution < 1.29 is 4.42 Å². The van der Waals surface area contributed by atoms with Gasteiger partial charge in [-0.1, -0.05) is 91.0 Å². The van der Waals surface area contributed by atoms with Gasteiger partial charge in [0.15, 0.2) is 5.58 Å². The minimum Gasteiger partial charge on any atom is -0.454 e. The van der Waals surface area contributed by atoms with Gasteiger partial charge in [-0.25, -0.2) is 4.98 Å². The van der Waals surface area contributed by atoms with Crippen LogP contribution in [0.3, 0.4) is 0 Å². The second-order valence-electron chi connectivity index (χ2n) is 10.8. The van der Waals surface area contributed by atoms with Crippen molar-refractivity contribution in [3.05, 3.63) is 146 Å². The molecule has 0 saturated carbocycles. The lowest BCUT2D eigenvalue weighted by Gasteiger charge is -2.26. The van der Waals surface area contributed by atoms with Gasteiger partial charge in [0.1, 0.15) is 11.1 Å². The van der Waals surface area contributed by atoms with E-state index in [1.165, 1.54) is 36.7 Å². The largest absolute Gasteiger partial charge is 0.454 e. The maximum atomic E-state index is 6.46. The van der Waals surface area contributed by atoms with Crippen LogP contribution in [0.15, 0.2) is 150 Å². The fourth-order valence-corrected chi connectivity index (χ4v) is 7.37. The molecule has 0 aliphatic heterocycles. The third-order valence-electron chi connectivity index (χ3n) is 8.27. The Labute approximate surface area is 251 Å². The monoisotopic (exact) mass is 568 g/mol. The zero-order valence-corrected chi connectivity index (χ0v) is 23.9. The molecule has 202 valence electrons. The molecule has 0 atom stereocenters. The Morgan fingerprint density at radius 3 is 2.12 bits per heavy atom. The molecule has 3 heterocycles. The topological polar surface area (TPSA) is 29.3 Å². The molecule has 0 saturated heterocycles. The Balaban J connectivity index is 1.27. The number of nitrogens with zero attached hydrogens (tertiary/aromatic N) is 2. The summed E-state index contributed by atoms with van der Waals surface area (Å²) >= 11 is 1.83. The number of fused-ring (bicyclic) bond motifs is 7. The normalized spacial score (nSPS) is 11.7. The summed E-state index contributed by atoms with van der Waals surface area (Å²) in [5.41, 5.74) is 8.01. The first-order chi connectivity index (χ1) is 21.3.